The van der Waals surface area contributed by atoms with Gasteiger partial charge in [0.15, 0.2) is 5.78 Å². The highest BCUT2D eigenvalue weighted by Gasteiger charge is 2.61. The van der Waals surface area contributed by atoms with Gasteiger partial charge in [-0.15, -0.1) is 0 Å². The van der Waals surface area contributed by atoms with E-state index in [-0.39, 0.29) is 10.2 Å². The number of carbonyl (C=O) groups is 1. The number of Topliss-reactive ketones (excluding diaryl/α,β-unsaturated/α-hetero) is 1. The first-order chi connectivity index (χ1) is 9.97. The summed E-state index contributed by atoms with van der Waals surface area (Å²) in [5.74, 6) is 3.68. The minimum absolute atomic E-state index is 0.0248. The third-order valence-corrected chi connectivity index (χ3v) is 8.70. The molecule has 0 saturated heterocycles. The third kappa shape index (κ3) is 1.84. The Labute approximate surface area is 137 Å². The molecule has 0 heterocycles. The number of rotatable bonds is 0. The summed E-state index contributed by atoms with van der Waals surface area (Å²) in [7, 11) is 0. The van der Waals surface area contributed by atoms with E-state index in [0.29, 0.717) is 17.1 Å². The lowest BCUT2D eigenvalue weighted by Gasteiger charge is -2.58. The molecule has 0 spiro atoms. The standard InChI is InChI=1S/C19H27BrO/c1-18-9-4-3-5-12(18)6-7-13-14(18)8-10-19(2)15(13)11-16(20)17(19)21/h3-4,12-16H,5-11H2,1-2H3/t12?,13?,14?,15?,16-,18?,19?/m1/s1. The van der Waals surface area contributed by atoms with E-state index in [2.05, 4.69) is 41.9 Å². The Morgan fingerprint density at radius 3 is 2.76 bits per heavy atom. The van der Waals surface area contributed by atoms with Gasteiger partial charge in [-0.3, -0.25) is 4.79 Å². The van der Waals surface area contributed by atoms with E-state index in [0.717, 1.165) is 30.6 Å². The molecule has 4 aliphatic rings. The lowest BCUT2D eigenvalue weighted by atomic mass is 9.46. The topological polar surface area (TPSA) is 17.1 Å². The Morgan fingerprint density at radius 1 is 1.14 bits per heavy atom. The van der Waals surface area contributed by atoms with Crippen LogP contribution in [0.4, 0.5) is 0 Å². The summed E-state index contributed by atoms with van der Waals surface area (Å²) >= 11 is 3.67. The predicted octanol–water partition coefficient (Wildman–Crippen LogP) is 5.14. The number of ketones is 1. The van der Waals surface area contributed by atoms with Crippen LogP contribution < -0.4 is 0 Å². The van der Waals surface area contributed by atoms with Gasteiger partial charge < -0.3 is 0 Å². The first kappa shape index (κ1) is 14.5. The average Bonchev–Trinajstić information content (AvgIpc) is 2.70. The molecule has 0 aromatic carbocycles. The number of hydrogen-bond acceptors (Lipinski definition) is 1. The van der Waals surface area contributed by atoms with E-state index in [1.165, 1.54) is 32.1 Å². The minimum Gasteiger partial charge on any atom is -0.298 e. The molecule has 0 radical (unpaired) electrons. The van der Waals surface area contributed by atoms with E-state index in [9.17, 15) is 4.79 Å². The van der Waals surface area contributed by atoms with Gasteiger partial charge in [-0.25, -0.2) is 0 Å². The molecule has 7 atom stereocenters. The van der Waals surface area contributed by atoms with Gasteiger partial charge in [0.05, 0.1) is 4.83 Å². The Balaban J connectivity index is 1.68. The van der Waals surface area contributed by atoms with Crippen LogP contribution in [0.3, 0.4) is 0 Å². The normalized spacial score (nSPS) is 55.8. The third-order valence-electron chi connectivity index (χ3n) is 7.91. The number of halogens is 1. The maximum atomic E-state index is 12.6. The van der Waals surface area contributed by atoms with Crippen LogP contribution in [-0.2, 0) is 4.79 Å². The molecule has 3 fully saturated rings. The minimum atomic E-state index is -0.0248. The summed E-state index contributed by atoms with van der Waals surface area (Å²) in [5, 5.41) is 0. The zero-order valence-electron chi connectivity index (χ0n) is 13.3. The van der Waals surface area contributed by atoms with Crippen LogP contribution in [0.5, 0.6) is 0 Å². The molecule has 116 valence electrons. The fourth-order valence-electron chi connectivity index (χ4n) is 6.59. The van der Waals surface area contributed by atoms with Crippen molar-refractivity contribution in [1.29, 1.82) is 0 Å². The molecule has 21 heavy (non-hydrogen) atoms. The van der Waals surface area contributed by atoms with E-state index in [1.54, 1.807) is 0 Å². The summed E-state index contributed by atoms with van der Waals surface area (Å²) in [4.78, 5) is 12.8. The van der Waals surface area contributed by atoms with Crippen molar-refractivity contribution < 1.29 is 4.79 Å². The first-order valence-corrected chi connectivity index (χ1v) is 9.72. The van der Waals surface area contributed by atoms with Crippen LogP contribution in [-0.4, -0.2) is 10.6 Å². The lowest BCUT2D eigenvalue weighted by Crippen LogP contribution is -2.52. The van der Waals surface area contributed by atoms with Crippen LogP contribution >= 0.6 is 15.9 Å². The quantitative estimate of drug-likeness (QED) is 0.436. The summed E-state index contributed by atoms with van der Waals surface area (Å²) < 4.78 is 0. The molecule has 0 aliphatic heterocycles. The number of hydrogen-bond donors (Lipinski definition) is 0. The highest BCUT2D eigenvalue weighted by molar-refractivity contribution is 9.10. The second-order valence-electron chi connectivity index (χ2n) is 8.59. The van der Waals surface area contributed by atoms with E-state index >= 15 is 0 Å². The Kier molecular flexibility index (Phi) is 3.24. The van der Waals surface area contributed by atoms with Crippen molar-refractivity contribution in [3.8, 4) is 0 Å². The van der Waals surface area contributed by atoms with Crippen molar-refractivity contribution in [3.63, 3.8) is 0 Å². The van der Waals surface area contributed by atoms with Crippen molar-refractivity contribution in [2.45, 2.75) is 63.6 Å². The van der Waals surface area contributed by atoms with Gasteiger partial charge in [0, 0.05) is 5.41 Å². The Bertz CT molecular complexity index is 498. The van der Waals surface area contributed by atoms with Gasteiger partial charge in [0.2, 0.25) is 0 Å². The average molecular weight is 351 g/mol. The SMILES string of the molecule is CC12CCC3C(CCC4CC=CCC43C)C1C[C@@H](Br)C2=O. The van der Waals surface area contributed by atoms with Gasteiger partial charge in [-0.2, -0.15) is 0 Å². The van der Waals surface area contributed by atoms with Crippen molar-refractivity contribution in [3.05, 3.63) is 12.2 Å². The second-order valence-corrected chi connectivity index (χ2v) is 9.70. The second kappa shape index (κ2) is 4.69. The maximum Gasteiger partial charge on any atom is 0.152 e. The van der Waals surface area contributed by atoms with E-state index in [1.807, 2.05) is 0 Å². The molecule has 4 aliphatic carbocycles. The fraction of sp³-hybridized carbons (Fsp3) is 0.842. The van der Waals surface area contributed by atoms with Gasteiger partial charge in [-0.05, 0) is 74.0 Å². The summed E-state index contributed by atoms with van der Waals surface area (Å²) in [5.41, 5.74) is 0.482. The maximum absolute atomic E-state index is 12.6. The van der Waals surface area contributed by atoms with Crippen LogP contribution in [0.15, 0.2) is 12.2 Å². The Hall–Kier alpha value is -0.110. The zero-order valence-corrected chi connectivity index (χ0v) is 14.9. The van der Waals surface area contributed by atoms with Gasteiger partial charge >= 0.3 is 0 Å². The molecule has 4 rings (SSSR count). The first-order valence-electron chi connectivity index (χ1n) is 8.80. The van der Waals surface area contributed by atoms with Gasteiger partial charge in [-0.1, -0.05) is 41.9 Å². The summed E-state index contributed by atoms with van der Waals surface area (Å²) in [6.45, 7) is 4.83. The monoisotopic (exact) mass is 350 g/mol. The number of allylic oxidation sites excluding steroid dienone is 2. The molecule has 2 heteroatoms. The molecule has 0 amide bonds. The fourth-order valence-corrected chi connectivity index (χ4v) is 7.51. The van der Waals surface area contributed by atoms with Crippen LogP contribution in [0.25, 0.3) is 0 Å². The molecular weight excluding hydrogens is 324 g/mol. The van der Waals surface area contributed by atoms with Crippen LogP contribution in [0.2, 0.25) is 0 Å². The Morgan fingerprint density at radius 2 is 1.95 bits per heavy atom. The van der Waals surface area contributed by atoms with Crippen molar-refractivity contribution in [2.75, 3.05) is 0 Å². The zero-order chi connectivity index (χ0) is 14.8. The molecule has 6 unspecified atom stereocenters. The molecule has 0 aromatic rings. The van der Waals surface area contributed by atoms with Gasteiger partial charge in [0.25, 0.3) is 0 Å². The number of fused-ring (bicyclic) bond motifs is 5. The molecule has 1 nitrogen and oxygen atoms in total. The summed E-state index contributed by atoms with van der Waals surface area (Å²) in [6.07, 6.45) is 13.7. The van der Waals surface area contributed by atoms with Crippen molar-refractivity contribution >= 4 is 21.7 Å². The van der Waals surface area contributed by atoms with Crippen LogP contribution in [0, 0.1) is 34.5 Å². The lowest BCUT2D eigenvalue weighted by molar-refractivity contribution is -0.136. The van der Waals surface area contributed by atoms with Crippen molar-refractivity contribution in [2.24, 2.45) is 34.5 Å². The number of alkyl halides is 1. The summed E-state index contributed by atoms with van der Waals surface area (Å²) in [6, 6.07) is 0. The smallest absolute Gasteiger partial charge is 0.152 e. The van der Waals surface area contributed by atoms with Gasteiger partial charge in [0.1, 0.15) is 0 Å². The predicted molar refractivity (Wildman–Crippen MR) is 89.4 cm³/mol. The molecule has 3 saturated carbocycles. The molecule has 0 aromatic heterocycles. The highest BCUT2D eigenvalue weighted by atomic mass is 79.9. The highest BCUT2D eigenvalue weighted by Crippen LogP contribution is 2.65. The van der Waals surface area contributed by atoms with Crippen molar-refractivity contribution in [1.82, 2.24) is 0 Å². The van der Waals surface area contributed by atoms with Crippen LogP contribution in [0.1, 0.15) is 58.8 Å². The van der Waals surface area contributed by atoms with E-state index < -0.39 is 0 Å². The largest absolute Gasteiger partial charge is 0.298 e. The molecule has 0 bridgehead atoms. The molecule has 0 N–H and O–H groups in total. The number of carbonyl (C=O) groups excluding carboxylic acids is 1. The van der Waals surface area contributed by atoms with E-state index in [4.69, 9.17) is 0 Å². The molecular formula is C19H27BrO.